The number of hydrogen-bond acceptors (Lipinski definition) is 7. The topological polar surface area (TPSA) is 71.7 Å². The molecule has 11 heteroatoms. The van der Waals surface area contributed by atoms with Gasteiger partial charge >= 0.3 is 0 Å². The molecule has 0 unspecified atom stereocenters. The van der Waals surface area contributed by atoms with Crippen molar-refractivity contribution < 1.29 is 22.8 Å². The first-order valence-electron chi connectivity index (χ1n) is 11.0. The lowest BCUT2D eigenvalue weighted by Gasteiger charge is -2.29. The number of halogens is 3. The molecule has 1 saturated heterocycles. The minimum atomic E-state index is -0.777. The zero-order chi connectivity index (χ0) is 24.5. The first kappa shape index (κ1) is 23.8. The van der Waals surface area contributed by atoms with Crippen molar-refractivity contribution in [1.82, 2.24) is 15.0 Å². The van der Waals surface area contributed by atoms with Crippen LogP contribution in [-0.2, 0) is 4.74 Å². The lowest BCUT2D eigenvalue weighted by molar-refractivity contribution is 0.0391. The monoisotopic (exact) mass is 518 g/mol. The Bertz CT molecular complexity index is 1390. The number of carbonyl (C=O) groups is 1. The number of hydrogen-bond donors (Lipinski definition) is 0. The van der Waals surface area contributed by atoms with Crippen LogP contribution in [-0.4, -0.2) is 60.3 Å². The van der Waals surface area contributed by atoms with E-state index in [1.165, 1.54) is 11.0 Å². The number of aromatic nitrogens is 2. The van der Waals surface area contributed by atoms with E-state index in [1.807, 2.05) is 0 Å². The van der Waals surface area contributed by atoms with Crippen molar-refractivity contribution >= 4 is 44.2 Å². The lowest BCUT2D eigenvalue weighted by Crippen LogP contribution is -2.43. The van der Waals surface area contributed by atoms with Gasteiger partial charge in [-0.2, -0.15) is 0 Å². The molecule has 4 aromatic rings. The molecule has 5 rings (SSSR count). The number of aryl methyl sites for hydroxylation is 1. The van der Waals surface area contributed by atoms with Gasteiger partial charge in [-0.3, -0.25) is 14.6 Å². The summed E-state index contributed by atoms with van der Waals surface area (Å²) < 4.78 is 39.3. The number of amides is 1. The minimum Gasteiger partial charge on any atom is -0.379 e. The van der Waals surface area contributed by atoms with E-state index in [-0.39, 0.29) is 22.8 Å². The SMILES string of the molecule is Cc1onc(-c2ccccc2Cl)c1C(=O)N(CCN1CCOCC1)c1nc2c(F)cc(F)cc2s1. The van der Waals surface area contributed by atoms with Crippen LogP contribution >= 0.6 is 22.9 Å². The van der Waals surface area contributed by atoms with Crippen molar-refractivity contribution in [2.24, 2.45) is 0 Å². The van der Waals surface area contributed by atoms with Crippen molar-refractivity contribution in [3.8, 4) is 11.3 Å². The van der Waals surface area contributed by atoms with Crippen LogP contribution in [0.25, 0.3) is 21.5 Å². The van der Waals surface area contributed by atoms with E-state index in [4.69, 9.17) is 20.9 Å². The van der Waals surface area contributed by atoms with Crippen LogP contribution in [0.5, 0.6) is 0 Å². The summed E-state index contributed by atoms with van der Waals surface area (Å²) in [6.07, 6.45) is 0. The highest BCUT2D eigenvalue weighted by molar-refractivity contribution is 7.22. The molecular weight excluding hydrogens is 498 g/mol. The predicted molar refractivity (Wildman–Crippen MR) is 130 cm³/mol. The molecule has 2 aromatic heterocycles. The average molecular weight is 519 g/mol. The summed E-state index contributed by atoms with van der Waals surface area (Å²) in [5.74, 6) is -1.57. The molecule has 0 N–H and O–H groups in total. The number of benzene rings is 2. The summed E-state index contributed by atoms with van der Waals surface area (Å²) in [6, 6.07) is 9.03. The van der Waals surface area contributed by atoms with Gasteiger partial charge in [0.2, 0.25) is 0 Å². The second kappa shape index (κ2) is 9.98. The third-order valence-electron chi connectivity index (χ3n) is 5.83. The van der Waals surface area contributed by atoms with Gasteiger partial charge in [-0.25, -0.2) is 13.8 Å². The summed E-state index contributed by atoms with van der Waals surface area (Å²) in [6.45, 7) is 5.16. The third-order valence-corrected chi connectivity index (χ3v) is 7.18. The summed E-state index contributed by atoms with van der Waals surface area (Å²) in [4.78, 5) is 22.0. The minimum absolute atomic E-state index is 0.0175. The Morgan fingerprint density at radius 1 is 1.23 bits per heavy atom. The molecule has 1 aliphatic heterocycles. The van der Waals surface area contributed by atoms with Crippen LogP contribution in [0.1, 0.15) is 16.1 Å². The highest BCUT2D eigenvalue weighted by Crippen LogP contribution is 2.35. The average Bonchev–Trinajstić information content (AvgIpc) is 3.44. The number of anilines is 1. The van der Waals surface area contributed by atoms with Crippen LogP contribution in [0.2, 0.25) is 5.02 Å². The first-order valence-corrected chi connectivity index (χ1v) is 12.2. The summed E-state index contributed by atoms with van der Waals surface area (Å²) >= 11 is 7.43. The van der Waals surface area contributed by atoms with Crippen LogP contribution in [0.4, 0.5) is 13.9 Å². The van der Waals surface area contributed by atoms with E-state index < -0.39 is 17.5 Å². The van der Waals surface area contributed by atoms with Gasteiger partial charge in [0, 0.05) is 37.8 Å². The maximum absolute atomic E-state index is 14.4. The van der Waals surface area contributed by atoms with Gasteiger partial charge in [0.15, 0.2) is 10.9 Å². The van der Waals surface area contributed by atoms with E-state index in [2.05, 4.69) is 15.0 Å². The van der Waals surface area contributed by atoms with Gasteiger partial charge < -0.3 is 9.26 Å². The Hall–Kier alpha value is -2.92. The fourth-order valence-electron chi connectivity index (χ4n) is 4.01. The first-order chi connectivity index (χ1) is 16.9. The highest BCUT2D eigenvalue weighted by Gasteiger charge is 2.30. The van der Waals surface area contributed by atoms with Crippen LogP contribution in [0.3, 0.4) is 0 Å². The number of carbonyl (C=O) groups excluding carboxylic acids is 1. The number of nitrogens with zero attached hydrogens (tertiary/aromatic N) is 4. The molecule has 7 nitrogen and oxygen atoms in total. The Morgan fingerprint density at radius 3 is 2.77 bits per heavy atom. The molecule has 0 saturated carbocycles. The van der Waals surface area contributed by atoms with Gasteiger partial charge in [0.05, 0.1) is 22.9 Å². The second-order valence-corrected chi connectivity index (χ2v) is 9.50. The molecular formula is C24H21ClF2N4O3S. The zero-order valence-electron chi connectivity index (χ0n) is 18.8. The maximum atomic E-state index is 14.4. The Balaban J connectivity index is 1.56. The molecule has 1 fully saturated rings. The number of thiazole rings is 1. The van der Waals surface area contributed by atoms with E-state index in [0.29, 0.717) is 46.5 Å². The Kier molecular flexibility index (Phi) is 6.79. The normalized spacial score (nSPS) is 14.5. The smallest absolute Gasteiger partial charge is 0.266 e. The zero-order valence-corrected chi connectivity index (χ0v) is 20.3. The molecule has 1 amide bonds. The number of rotatable bonds is 6. The largest absolute Gasteiger partial charge is 0.379 e. The standard InChI is InChI=1S/C24H21ClF2N4O3S/c1-14-20(21(29-34-14)16-4-2-3-5-17(16)25)23(32)31(7-6-30-8-10-33-11-9-30)24-28-22-18(27)12-15(26)13-19(22)35-24/h2-5,12-13H,6-11H2,1H3. The van der Waals surface area contributed by atoms with Gasteiger partial charge in [0.25, 0.3) is 5.91 Å². The van der Waals surface area contributed by atoms with Crippen LogP contribution in [0, 0.1) is 18.6 Å². The van der Waals surface area contributed by atoms with Crippen molar-refractivity contribution in [1.29, 1.82) is 0 Å². The van der Waals surface area contributed by atoms with Crippen LogP contribution in [0.15, 0.2) is 40.9 Å². The van der Waals surface area contributed by atoms with Gasteiger partial charge in [-0.15, -0.1) is 0 Å². The van der Waals surface area contributed by atoms with Crippen molar-refractivity contribution in [2.75, 3.05) is 44.3 Å². The van der Waals surface area contributed by atoms with E-state index in [1.54, 1.807) is 31.2 Å². The quantitative estimate of drug-likeness (QED) is 0.351. The molecule has 35 heavy (non-hydrogen) atoms. The molecule has 0 bridgehead atoms. The van der Waals surface area contributed by atoms with E-state index >= 15 is 0 Å². The molecule has 1 aliphatic rings. The molecule has 0 spiro atoms. The number of morpholine rings is 1. The molecule has 0 aliphatic carbocycles. The summed E-state index contributed by atoms with van der Waals surface area (Å²) in [5.41, 5.74) is 1.13. The molecule has 0 atom stereocenters. The van der Waals surface area contributed by atoms with E-state index in [0.717, 1.165) is 30.5 Å². The molecule has 182 valence electrons. The number of ether oxygens (including phenoxy) is 1. The van der Waals surface area contributed by atoms with Crippen molar-refractivity contribution in [3.05, 3.63) is 64.4 Å². The molecule has 0 radical (unpaired) electrons. The molecule has 3 heterocycles. The predicted octanol–water partition coefficient (Wildman–Crippen LogP) is 5.17. The maximum Gasteiger partial charge on any atom is 0.266 e. The third kappa shape index (κ3) is 4.79. The van der Waals surface area contributed by atoms with Gasteiger partial charge in [-0.1, -0.05) is 46.3 Å². The second-order valence-electron chi connectivity index (χ2n) is 8.08. The Labute approximate surface area is 208 Å². The van der Waals surface area contributed by atoms with E-state index in [9.17, 15) is 13.6 Å². The lowest BCUT2D eigenvalue weighted by atomic mass is 10.1. The molecule has 2 aromatic carbocycles. The van der Waals surface area contributed by atoms with Gasteiger partial charge in [-0.05, 0) is 19.1 Å². The highest BCUT2D eigenvalue weighted by atomic mass is 35.5. The van der Waals surface area contributed by atoms with Crippen LogP contribution < -0.4 is 4.90 Å². The summed E-state index contributed by atoms with van der Waals surface area (Å²) in [5, 5.41) is 4.78. The Morgan fingerprint density at radius 2 is 2.00 bits per heavy atom. The fourth-order valence-corrected chi connectivity index (χ4v) is 5.26. The summed E-state index contributed by atoms with van der Waals surface area (Å²) in [7, 11) is 0. The van der Waals surface area contributed by atoms with Crippen molar-refractivity contribution in [3.63, 3.8) is 0 Å². The fraction of sp³-hybridized carbons (Fsp3) is 0.292. The van der Waals surface area contributed by atoms with Crippen molar-refractivity contribution in [2.45, 2.75) is 6.92 Å². The van der Waals surface area contributed by atoms with Gasteiger partial charge in [0.1, 0.15) is 28.4 Å². The number of fused-ring (bicyclic) bond motifs is 1.